The van der Waals surface area contributed by atoms with Crippen molar-refractivity contribution in [2.75, 3.05) is 20.6 Å². The fourth-order valence-corrected chi connectivity index (χ4v) is 2.42. The number of amides is 1. The molecule has 0 radical (unpaired) electrons. The predicted molar refractivity (Wildman–Crippen MR) is 87.6 cm³/mol. The number of nitrogens with one attached hydrogen (secondary N) is 1. The smallest absolute Gasteiger partial charge is 0.241 e. The molecule has 5 heteroatoms. The fourth-order valence-electron chi connectivity index (χ4n) is 2.42. The van der Waals surface area contributed by atoms with Gasteiger partial charge in [0.1, 0.15) is 17.6 Å². The van der Waals surface area contributed by atoms with Crippen molar-refractivity contribution in [3.05, 3.63) is 65.5 Å². The Morgan fingerprint density at radius 2 is 1.74 bits per heavy atom. The summed E-state index contributed by atoms with van der Waals surface area (Å²) in [5, 5.41) is 12.2. The molecule has 0 aliphatic carbocycles. The van der Waals surface area contributed by atoms with E-state index in [9.17, 15) is 14.3 Å². The molecule has 1 atom stereocenters. The molecule has 23 heavy (non-hydrogen) atoms. The maximum atomic E-state index is 13.0. The van der Waals surface area contributed by atoms with Crippen molar-refractivity contribution in [1.82, 2.24) is 10.2 Å². The van der Waals surface area contributed by atoms with Gasteiger partial charge in [-0.2, -0.15) is 0 Å². The number of hydrogen-bond donors (Lipinski definition) is 2. The van der Waals surface area contributed by atoms with Gasteiger partial charge in [-0.3, -0.25) is 9.69 Å². The van der Waals surface area contributed by atoms with Crippen LogP contribution < -0.4 is 5.32 Å². The number of phenolic OH excluding ortho intramolecular Hbond substituents is 1. The zero-order chi connectivity index (χ0) is 16.8. The van der Waals surface area contributed by atoms with Crippen molar-refractivity contribution in [3.8, 4) is 5.75 Å². The number of phenols is 1. The van der Waals surface area contributed by atoms with E-state index in [2.05, 4.69) is 5.32 Å². The second-order valence-corrected chi connectivity index (χ2v) is 5.63. The van der Waals surface area contributed by atoms with Crippen LogP contribution in [0.4, 0.5) is 4.39 Å². The first-order chi connectivity index (χ1) is 11.0. The molecule has 4 nitrogen and oxygen atoms in total. The van der Waals surface area contributed by atoms with E-state index in [1.54, 1.807) is 29.2 Å². The van der Waals surface area contributed by atoms with Crippen LogP contribution in [-0.4, -0.2) is 36.6 Å². The van der Waals surface area contributed by atoms with Gasteiger partial charge in [0.05, 0.1) is 0 Å². The molecule has 0 saturated heterocycles. The molecule has 2 N–H and O–H groups in total. The van der Waals surface area contributed by atoms with Gasteiger partial charge < -0.3 is 10.4 Å². The van der Waals surface area contributed by atoms with Crippen LogP contribution in [0.3, 0.4) is 0 Å². The molecule has 0 aliphatic rings. The summed E-state index contributed by atoms with van der Waals surface area (Å²) in [6.45, 7) is 0.495. The lowest BCUT2D eigenvalue weighted by Gasteiger charge is -2.23. The number of carbonyl (C=O) groups excluding carboxylic acids is 1. The monoisotopic (exact) mass is 316 g/mol. The Bertz CT molecular complexity index is 639. The summed E-state index contributed by atoms with van der Waals surface area (Å²) in [7, 11) is 3.63. The standard InChI is InChI=1S/C18H21FN2O2/c1-21(2)17(14-5-7-15(19)8-6-14)18(23)20-12-11-13-3-9-16(22)10-4-13/h3-10,17,22H,11-12H2,1-2H3,(H,20,23)/t17-/m1/s1. The van der Waals surface area contributed by atoms with E-state index in [0.717, 1.165) is 11.1 Å². The van der Waals surface area contributed by atoms with Gasteiger partial charge in [0.2, 0.25) is 5.91 Å². The molecule has 122 valence electrons. The normalized spacial score (nSPS) is 12.2. The summed E-state index contributed by atoms with van der Waals surface area (Å²) in [5.74, 6) is -0.221. The number of carbonyl (C=O) groups is 1. The maximum Gasteiger partial charge on any atom is 0.241 e. The Labute approximate surface area is 135 Å². The highest BCUT2D eigenvalue weighted by atomic mass is 19.1. The highest BCUT2D eigenvalue weighted by Crippen LogP contribution is 2.19. The van der Waals surface area contributed by atoms with Crippen LogP contribution in [-0.2, 0) is 11.2 Å². The van der Waals surface area contributed by atoms with Crippen molar-refractivity contribution in [2.45, 2.75) is 12.5 Å². The van der Waals surface area contributed by atoms with Gasteiger partial charge in [0.25, 0.3) is 0 Å². The summed E-state index contributed by atoms with van der Waals surface area (Å²) in [4.78, 5) is 14.2. The summed E-state index contributed by atoms with van der Waals surface area (Å²) in [6, 6.07) is 12.4. The third kappa shape index (κ3) is 4.79. The van der Waals surface area contributed by atoms with Crippen LogP contribution in [0.2, 0.25) is 0 Å². The van der Waals surface area contributed by atoms with E-state index in [1.165, 1.54) is 12.1 Å². The minimum absolute atomic E-state index is 0.125. The molecular weight excluding hydrogens is 295 g/mol. The molecule has 2 aromatic carbocycles. The van der Waals surface area contributed by atoms with Gasteiger partial charge in [-0.1, -0.05) is 24.3 Å². The molecule has 0 bridgehead atoms. The molecular formula is C18H21FN2O2. The fraction of sp³-hybridized carbons (Fsp3) is 0.278. The third-order valence-electron chi connectivity index (χ3n) is 3.60. The van der Waals surface area contributed by atoms with Crippen molar-refractivity contribution in [3.63, 3.8) is 0 Å². The first kappa shape index (κ1) is 17.0. The molecule has 0 aromatic heterocycles. The molecule has 0 spiro atoms. The minimum Gasteiger partial charge on any atom is -0.508 e. The van der Waals surface area contributed by atoms with E-state index < -0.39 is 6.04 Å². The van der Waals surface area contributed by atoms with Crippen LogP contribution >= 0.6 is 0 Å². The van der Waals surface area contributed by atoms with E-state index in [0.29, 0.717) is 13.0 Å². The van der Waals surface area contributed by atoms with Crippen LogP contribution in [0, 0.1) is 5.82 Å². The number of rotatable bonds is 6. The van der Waals surface area contributed by atoms with Gasteiger partial charge >= 0.3 is 0 Å². The number of aromatic hydroxyl groups is 1. The molecule has 0 unspecified atom stereocenters. The molecule has 0 heterocycles. The summed E-state index contributed by atoms with van der Waals surface area (Å²) in [6.07, 6.45) is 0.676. The Kier molecular flexibility index (Phi) is 5.71. The number of halogens is 1. The van der Waals surface area contributed by atoms with Crippen molar-refractivity contribution < 1.29 is 14.3 Å². The van der Waals surface area contributed by atoms with Crippen molar-refractivity contribution in [2.24, 2.45) is 0 Å². The summed E-state index contributed by atoms with van der Waals surface area (Å²) in [5.41, 5.74) is 1.78. The Morgan fingerprint density at radius 1 is 1.13 bits per heavy atom. The SMILES string of the molecule is CN(C)[C@@H](C(=O)NCCc1ccc(O)cc1)c1ccc(F)cc1. The number of benzene rings is 2. The average molecular weight is 316 g/mol. The number of hydrogen-bond acceptors (Lipinski definition) is 3. The Balaban J connectivity index is 1.96. The van der Waals surface area contributed by atoms with E-state index in [1.807, 2.05) is 26.2 Å². The molecule has 1 amide bonds. The predicted octanol–water partition coefficient (Wildman–Crippen LogP) is 2.49. The Morgan fingerprint density at radius 3 is 2.30 bits per heavy atom. The van der Waals surface area contributed by atoms with E-state index in [4.69, 9.17) is 0 Å². The average Bonchev–Trinajstić information content (AvgIpc) is 2.51. The molecule has 0 saturated carbocycles. The second-order valence-electron chi connectivity index (χ2n) is 5.63. The lowest BCUT2D eigenvalue weighted by atomic mass is 10.0. The van der Waals surface area contributed by atoms with Crippen molar-refractivity contribution in [1.29, 1.82) is 0 Å². The Hall–Kier alpha value is -2.40. The minimum atomic E-state index is -0.463. The summed E-state index contributed by atoms with van der Waals surface area (Å²) < 4.78 is 13.0. The number of nitrogens with zero attached hydrogens (tertiary/aromatic N) is 1. The first-order valence-corrected chi connectivity index (χ1v) is 7.45. The highest BCUT2D eigenvalue weighted by Gasteiger charge is 2.22. The number of likely N-dealkylation sites (N-methyl/N-ethyl adjacent to an activating group) is 1. The van der Waals surface area contributed by atoms with E-state index in [-0.39, 0.29) is 17.5 Å². The van der Waals surface area contributed by atoms with Crippen molar-refractivity contribution >= 4 is 5.91 Å². The van der Waals surface area contributed by atoms with Gasteiger partial charge in [0, 0.05) is 6.54 Å². The lowest BCUT2D eigenvalue weighted by molar-refractivity contribution is -0.125. The topological polar surface area (TPSA) is 52.6 Å². The second kappa shape index (κ2) is 7.74. The van der Waals surface area contributed by atoms with Gasteiger partial charge in [0.15, 0.2) is 0 Å². The quantitative estimate of drug-likeness (QED) is 0.861. The molecule has 0 aliphatic heterocycles. The van der Waals surface area contributed by atoms with Crippen LogP contribution in [0.1, 0.15) is 17.2 Å². The maximum absolute atomic E-state index is 13.0. The highest BCUT2D eigenvalue weighted by molar-refractivity contribution is 5.83. The largest absolute Gasteiger partial charge is 0.508 e. The third-order valence-corrected chi connectivity index (χ3v) is 3.60. The summed E-state index contributed by atoms with van der Waals surface area (Å²) >= 11 is 0. The molecule has 2 aromatic rings. The van der Waals surface area contributed by atoms with E-state index >= 15 is 0 Å². The van der Waals surface area contributed by atoms with Gasteiger partial charge in [-0.05, 0) is 55.9 Å². The zero-order valence-electron chi connectivity index (χ0n) is 13.3. The zero-order valence-corrected chi connectivity index (χ0v) is 13.3. The van der Waals surface area contributed by atoms with Crippen LogP contribution in [0.25, 0.3) is 0 Å². The molecule has 0 fully saturated rings. The van der Waals surface area contributed by atoms with Gasteiger partial charge in [-0.15, -0.1) is 0 Å². The molecule has 2 rings (SSSR count). The van der Waals surface area contributed by atoms with Gasteiger partial charge in [-0.25, -0.2) is 4.39 Å². The lowest BCUT2D eigenvalue weighted by Crippen LogP contribution is -2.37. The first-order valence-electron chi connectivity index (χ1n) is 7.45. The van der Waals surface area contributed by atoms with Crippen LogP contribution in [0.15, 0.2) is 48.5 Å². The van der Waals surface area contributed by atoms with Crippen LogP contribution in [0.5, 0.6) is 5.75 Å².